The Balaban J connectivity index is 2.13. The van der Waals surface area contributed by atoms with E-state index < -0.39 is 18.3 Å². The third-order valence-electron chi connectivity index (χ3n) is 4.46. The molecule has 1 fully saturated rings. The van der Waals surface area contributed by atoms with Gasteiger partial charge in [-0.1, -0.05) is 40.2 Å². The predicted molar refractivity (Wildman–Crippen MR) is 87.3 cm³/mol. The summed E-state index contributed by atoms with van der Waals surface area (Å²) in [6.07, 6.45) is 0. The van der Waals surface area contributed by atoms with Crippen LogP contribution in [0.25, 0.3) is 10.8 Å². The lowest BCUT2D eigenvalue weighted by atomic mass is 9.77. The van der Waals surface area contributed by atoms with E-state index in [9.17, 15) is 4.39 Å². The average Bonchev–Trinajstić information content (AvgIpc) is 2.63. The van der Waals surface area contributed by atoms with Crippen molar-refractivity contribution in [1.29, 1.82) is 0 Å². The lowest BCUT2D eigenvalue weighted by molar-refractivity contribution is 0.00578. The van der Waals surface area contributed by atoms with Crippen molar-refractivity contribution < 1.29 is 13.7 Å². The minimum absolute atomic E-state index is 0.285. The van der Waals surface area contributed by atoms with Gasteiger partial charge < -0.3 is 9.31 Å². The molecule has 2 nitrogen and oxygen atoms in total. The van der Waals surface area contributed by atoms with Crippen LogP contribution >= 0.6 is 15.9 Å². The van der Waals surface area contributed by atoms with Crippen LogP contribution in [-0.2, 0) is 9.31 Å². The molecule has 0 aliphatic carbocycles. The second-order valence-corrected chi connectivity index (χ2v) is 7.25. The Hall–Kier alpha value is -0.905. The smallest absolute Gasteiger partial charge is 0.399 e. The Morgan fingerprint density at radius 1 is 1.00 bits per heavy atom. The molecule has 0 radical (unpaired) electrons. The van der Waals surface area contributed by atoms with E-state index in [2.05, 4.69) is 15.9 Å². The Kier molecular flexibility index (Phi) is 3.43. The highest BCUT2D eigenvalue weighted by molar-refractivity contribution is 9.10. The Labute approximate surface area is 132 Å². The summed E-state index contributed by atoms with van der Waals surface area (Å²) in [6, 6.07) is 9.12. The fourth-order valence-corrected chi connectivity index (χ4v) is 3.05. The van der Waals surface area contributed by atoms with E-state index in [-0.39, 0.29) is 5.82 Å². The van der Waals surface area contributed by atoms with E-state index in [1.807, 2.05) is 45.9 Å². The molecule has 1 aliphatic rings. The summed E-state index contributed by atoms with van der Waals surface area (Å²) >= 11 is 3.51. The van der Waals surface area contributed by atoms with Crippen LogP contribution in [0, 0.1) is 5.82 Å². The number of benzene rings is 2. The molecule has 0 atom stereocenters. The molecule has 0 bridgehead atoms. The summed E-state index contributed by atoms with van der Waals surface area (Å²) in [5.41, 5.74) is -0.538. The zero-order chi connectivity index (χ0) is 15.4. The SMILES string of the molecule is CC1(C)OB(c2cc(Br)c3ccccc3c2F)OC1(C)C. The summed E-state index contributed by atoms with van der Waals surface area (Å²) in [6.45, 7) is 7.84. The van der Waals surface area contributed by atoms with Crippen molar-refractivity contribution in [1.82, 2.24) is 0 Å². The van der Waals surface area contributed by atoms with E-state index in [1.165, 1.54) is 0 Å². The Morgan fingerprint density at radius 3 is 2.10 bits per heavy atom. The van der Waals surface area contributed by atoms with Crippen LogP contribution in [0.3, 0.4) is 0 Å². The molecule has 0 amide bonds. The van der Waals surface area contributed by atoms with E-state index in [1.54, 1.807) is 12.1 Å². The molecule has 21 heavy (non-hydrogen) atoms. The first kappa shape index (κ1) is 15.0. The molecule has 0 saturated carbocycles. The first-order valence-corrected chi connectivity index (χ1v) is 7.74. The van der Waals surface area contributed by atoms with Gasteiger partial charge in [-0.15, -0.1) is 0 Å². The first-order chi connectivity index (χ1) is 9.73. The molecular weight excluding hydrogens is 334 g/mol. The highest BCUT2D eigenvalue weighted by Crippen LogP contribution is 2.37. The predicted octanol–water partition coefficient (Wildman–Crippen LogP) is 4.04. The van der Waals surface area contributed by atoms with Gasteiger partial charge in [-0.3, -0.25) is 0 Å². The maximum Gasteiger partial charge on any atom is 0.497 e. The number of hydrogen-bond acceptors (Lipinski definition) is 2. The highest BCUT2D eigenvalue weighted by Gasteiger charge is 2.52. The number of fused-ring (bicyclic) bond motifs is 1. The van der Waals surface area contributed by atoms with Crippen LogP contribution in [0.5, 0.6) is 0 Å². The van der Waals surface area contributed by atoms with Crippen LogP contribution in [0.1, 0.15) is 27.7 Å². The molecule has 0 aromatic heterocycles. The molecule has 0 unspecified atom stereocenters. The summed E-state index contributed by atoms with van der Waals surface area (Å²) in [5.74, 6) is -0.285. The molecule has 1 aliphatic heterocycles. The lowest BCUT2D eigenvalue weighted by Gasteiger charge is -2.32. The third kappa shape index (κ3) is 2.32. The maximum absolute atomic E-state index is 14.8. The molecule has 0 N–H and O–H groups in total. The molecule has 1 heterocycles. The summed E-state index contributed by atoms with van der Waals surface area (Å²) in [5, 5.41) is 1.41. The van der Waals surface area contributed by atoms with Gasteiger partial charge in [0.1, 0.15) is 5.82 Å². The normalized spacial score (nSPS) is 20.2. The highest BCUT2D eigenvalue weighted by atomic mass is 79.9. The molecule has 0 spiro atoms. The van der Waals surface area contributed by atoms with Gasteiger partial charge in [0, 0.05) is 15.3 Å². The van der Waals surface area contributed by atoms with Crippen molar-refractivity contribution in [3.05, 3.63) is 40.6 Å². The topological polar surface area (TPSA) is 18.5 Å². The Bertz CT molecular complexity index is 699. The van der Waals surface area contributed by atoms with Crippen molar-refractivity contribution >= 4 is 39.3 Å². The Morgan fingerprint density at radius 2 is 1.52 bits per heavy atom. The molecule has 110 valence electrons. The van der Waals surface area contributed by atoms with Crippen LogP contribution in [0.2, 0.25) is 0 Å². The second-order valence-electron chi connectivity index (χ2n) is 6.40. The molecule has 5 heteroatoms. The van der Waals surface area contributed by atoms with Gasteiger partial charge in [-0.05, 0) is 39.1 Å². The van der Waals surface area contributed by atoms with E-state index >= 15 is 0 Å². The summed E-state index contributed by atoms with van der Waals surface area (Å²) in [4.78, 5) is 0. The largest absolute Gasteiger partial charge is 0.497 e. The zero-order valence-corrected chi connectivity index (χ0v) is 14.1. The van der Waals surface area contributed by atoms with Gasteiger partial charge >= 0.3 is 7.12 Å². The second kappa shape index (κ2) is 4.80. The van der Waals surface area contributed by atoms with Crippen LogP contribution in [-0.4, -0.2) is 18.3 Å². The van der Waals surface area contributed by atoms with Crippen molar-refractivity contribution in [3.63, 3.8) is 0 Å². The fraction of sp³-hybridized carbons (Fsp3) is 0.375. The molecule has 1 saturated heterocycles. The van der Waals surface area contributed by atoms with Gasteiger partial charge in [0.05, 0.1) is 11.2 Å². The molecule has 2 aromatic rings. The van der Waals surface area contributed by atoms with Crippen molar-refractivity contribution in [2.75, 3.05) is 0 Å². The number of halogens is 2. The monoisotopic (exact) mass is 350 g/mol. The number of hydrogen-bond donors (Lipinski definition) is 0. The van der Waals surface area contributed by atoms with Crippen LogP contribution in [0.4, 0.5) is 4.39 Å². The van der Waals surface area contributed by atoms with E-state index in [0.29, 0.717) is 10.8 Å². The maximum atomic E-state index is 14.8. The van der Waals surface area contributed by atoms with Crippen molar-refractivity contribution in [3.8, 4) is 0 Å². The van der Waals surface area contributed by atoms with Crippen LogP contribution < -0.4 is 5.46 Å². The third-order valence-corrected chi connectivity index (χ3v) is 5.12. The van der Waals surface area contributed by atoms with E-state index in [4.69, 9.17) is 9.31 Å². The van der Waals surface area contributed by atoms with Gasteiger partial charge in [0.2, 0.25) is 0 Å². The number of rotatable bonds is 1. The summed E-state index contributed by atoms with van der Waals surface area (Å²) < 4.78 is 27.6. The zero-order valence-electron chi connectivity index (χ0n) is 12.5. The molecule has 2 aromatic carbocycles. The van der Waals surface area contributed by atoms with Crippen LogP contribution in [0.15, 0.2) is 34.8 Å². The average molecular weight is 351 g/mol. The quantitative estimate of drug-likeness (QED) is 0.722. The van der Waals surface area contributed by atoms with Crippen molar-refractivity contribution in [2.24, 2.45) is 0 Å². The minimum atomic E-state index is -0.698. The standard InChI is InChI=1S/C16H17BBrFO2/c1-15(2)16(3,4)21-17(20-15)12-9-13(18)10-7-5-6-8-11(10)14(12)19/h5-9H,1-4H3. The minimum Gasteiger partial charge on any atom is -0.399 e. The van der Waals surface area contributed by atoms with Gasteiger partial charge in [-0.25, -0.2) is 4.39 Å². The van der Waals surface area contributed by atoms with Gasteiger partial charge in [-0.2, -0.15) is 0 Å². The van der Waals surface area contributed by atoms with Gasteiger partial charge in [0.25, 0.3) is 0 Å². The van der Waals surface area contributed by atoms with Crippen molar-refractivity contribution in [2.45, 2.75) is 38.9 Å². The lowest BCUT2D eigenvalue weighted by Crippen LogP contribution is -2.41. The molecular formula is C16H17BBrFO2. The fourth-order valence-electron chi connectivity index (χ4n) is 2.46. The van der Waals surface area contributed by atoms with E-state index in [0.717, 1.165) is 9.86 Å². The summed E-state index contributed by atoms with van der Waals surface area (Å²) in [7, 11) is -0.698. The first-order valence-electron chi connectivity index (χ1n) is 6.95. The van der Waals surface area contributed by atoms with Gasteiger partial charge in [0.15, 0.2) is 0 Å². The molecule has 3 rings (SSSR count).